The van der Waals surface area contributed by atoms with Crippen molar-refractivity contribution in [2.45, 2.75) is 196 Å². The van der Waals surface area contributed by atoms with E-state index in [1.54, 1.807) is 12.1 Å². The van der Waals surface area contributed by atoms with Crippen LogP contribution in [-0.2, 0) is 63.7 Å². The maximum Gasteiger partial charge on any atom is 0.326 e. The Morgan fingerprint density at radius 3 is 1.62 bits per heavy atom. The van der Waals surface area contributed by atoms with E-state index >= 15 is 0 Å². The quantitative estimate of drug-likeness (QED) is 0.0305. The van der Waals surface area contributed by atoms with Gasteiger partial charge in [0.05, 0.1) is 47.7 Å². The van der Waals surface area contributed by atoms with Gasteiger partial charge < -0.3 is 111 Å². The second-order valence-electron chi connectivity index (χ2n) is 23.5. The molecule has 2 saturated heterocycles. The van der Waals surface area contributed by atoms with E-state index in [-0.39, 0.29) is 94.2 Å². The Kier molecular flexibility index (Phi) is 35.4. The number of amides is 7. The summed E-state index contributed by atoms with van der Waals surface area (Å²) in [6, 6.07) is 1.66. The van der Waals surface area contributed by atoms with Crippen LogP contribution >= 0.6 is 21.6 Å². The van der Waals surface area contributed by atoms with Crippen LogP contribution in [-0.4, -0.2) is 236 Å². The third-order valence-corrected chi connectivity index (χ3v) is 18.8. The molecule has 14 N–H and O–H groups in total. The van der Waals surface area contributed by atoms with Crippen molar-refractivity contribution in [3.05, 3.63) is 45.6 Å². The smallest absolute Gasteiger partial charge is 0.326 e. The zero-order valence-corrected chi connectivity index (χ0v) is 57.3. The number of carbonyl (C=O) groups excluding carboxylic acids is 7. The first-order valence-corrected chi connectivity index (χ1v) is 35.0. The van der Waals surface area contributed by atoms with E-state index in [0.717, 1.165) is 5.56 Å². The summed E-state index contributed by atoms with van der Waals surface area (Å²) in [6.07, 6.45) is -6.44. The molecule has 33 heteroatoms. The molecule has 0 bridgehead atoms. The maximum atomic E-state index is 13.6. The minimum absolute atomic E-state index is 0.00178. The number of carboxylic acids is 1. The minimum atomic E-state index is -1.50. The first-order valence-electron chi connectivity index (χ1n) is 32.5. The van der Waals surface area contributed by atoms with Crippen molar-refractivity contribution < 1.29 is 112 Å². The van der Waals surface area contributed by atoms with Crippen LogP contribution in [0.2, 0.25) is 0 Å². The number of carboxylic acid groups (broad SMARTS) is 1. The third kappa shape index (κ3) is 25.3. The standard InChI is InChI=1S/C64H97N7O24S2/c1-35(74)67-53-57(83)55(81)46(33-72)94-63(53)92-27-13-9-17-48(77)65-25-11-7-15-41(70-49(78)18-10-14-28-93-64-54(68-36(2)75)58(84)56(82)47(34-73)95-64)61(85)66-26-12-8-16-42(62(86)87)71-51(80)24-30-97-96-29-23-50(79)69-40-21-19-37-31-45(89-4)59(90-5)60(91-6)52(37)38-20-22-44(88-3)43(76)32-39(38)40/h20,22,31-32,40-42,46-47,53-58,63-64,72-73,81-84H,7-19,21,23-30,33-34H2,1-6H3,(H,65,77)(H,66,85)(H,67,74)(H,68,75)(H,69,79)(H,70,78)(H,71,80)(H,86,87)/t40-,41+,42?,46+,47+,53+,54+,55-,56-,57+,58+,63+,64+/m0/s1. The number of ether oxygens (including phenoxy) is 8. The molecule has 1 aliphatic carbocycles. The number of carbonyl (C=O) groups is 8. The van der Waals surface area contributed by atoms with Crippen LogP contribution in [0.15, 0.2) is 29.1 Å². The molecule has 2 fully saturated rings. The van der Waals surface area contributed by atoms with Gasteiger partial charge in [-0.25, -0.2) is 4.79 Å². The van der Waals surface area contributed by atoms with Gasteiger partial charge in [-0.2, -0.15) is 0 Å². The van der Waals surface area contributed by atoms with Gasteiger partial charge in [-0.1, -0.05) is 27.7 Å². The molecule has 97 heavy (non-hydrogen) atoms. The summed E-state index contributed by atoms with van der Waals surface area (Å²) in [6.45, 7) is 1.63. The van der Waals surface area contributed by atoms with E-state index < -0.39 is 128 Å². The van der Waals surface area contributed by atoms with Crippen LogP contribution in [0.3, 0.4) is 0 Å². The van der Waals surface area contributed by atoms with E-state index in [0.29, 0.717) is 103 Å². The highest BCUT2D eigenvalue weighted by Crippen LogP contribution is 2.50. The molecule has 2 heterocycles. The number of aliphatic hydroxyl groups excluding tert-OH is 6. The molecule has 544 valence electrons. The zero-order valence-electron chi connectivity index (χ0n) is 55.7. The molecular weight excluding hydrogens is 1310 g/mol. The lowest BCUT2D eigenvalue weighted by atomic mass is 9.95. The average molecular weight is 1410 g/mol. The van der Waals surface area contributed by atoms with Crippen LogP contribution in [0, 0.1) is 0 Å². The topological polar surface area (TPSA) is 453 Å². The number of nitrogens with one attached hydrogen (secondary N) is 7. The molecule has 0 saturated carbocycles. The lowest BCUT2D eigenvalue weighted by molar-refractivity contribution is -0.270. The van der Waals surface area contributed by atoms with Crippen molar-refractivity contribution >= 4 is 68.9 Å². The van der Waals surface area contributed by atoms with Crippen LogP contribution < -0.4 is 61.6 Å². The Bertz CT molecular complexity index is 2970. The van der Waals surface area contributed by atoms with Gasteiger partial charge in [-0.15, -0.1) is 0 Å². The second kappa shape index (κ2) is 42.4. The molecule has 0 aromatic heterocycles. The molecule has 2 aliphatic heterocycles. The maximum absolute atomic E-state index is 13.6. The number of rotatable bonds is 42. The number of hydrogen-bond acceptors (Lipinski definition) is 25. The van der Waals surface area contributed by atoms with Crippen LogP contribution in [0.4, 0.5) is 0 Å². The summed E-state index contributed by atoms with van der Waals surface area (Å²) in [5.74, 6) is -2.14. The van der Waals surface area contributed by atoms with E-state index in [4.69, 9.17) is 37.9 Å². The van der Waals surface area contributed by atoms with Crippen LogP contribution in [0.1, 0.15) is 127 Å². The van der Waals surface area contributed by atoms with Gasteiger partial charge >= 0.3 is 5.97 Å². The summed E-state index contributed by atoms with van der Waals surface area (Å²) in [5.41, 5.74) is 2.42. The highest BCUT2D eigenvalue weighted by molar-refractivity contribution is 8.76. The summed E-state index contributed by atoms with van der Waals surface area (Å²) in [4.78, 5) is 115. The largest absolute Gasteiger partial charge is 0.493 e. The minimum Gasteiger partial charge on any atom is -0.493 e. The number of unbranched alkanes of at least 4 members (excludes halogenated alkanes) is 4. The SMILES string of the molecule is COc1cc2c(c(OC)c1OC)-c1ccc(OC)c(=O)cc1[C@@H](NC(=O)CCSSCCC(=O)NC(CCCCNC(=O)[C@@H](CCCCNC(=O)CCCCO[C@@H]1O[C@H](CO)[C@H](O)[C@H](O)[C@H]1NC(C)=O)NC(=O)CCCCO[C@@H]1O[C@H](CO)[C@H](O)[C@H](O)[C@H]1NC(C)=O)C(=O)O)CC2. The Morgan fingerprint density at radius 1 is 0.577 bits per heavy atom. The van der Waals surface area contributed by atoms with Crippen molar-refractivity contribution in [2.75, 3.05) is 79.5 Å². The van der Waals surface area contributed by atoms with Crippen molar-refractivity contribution in [1.29, 1.82) is 0 Å². The van der Waals surface area contributed by atoms with Gasteiger partial charge in [0.1, 0.15) is 60.8 Å². The number of methoxy groups -OCH3 is 4. The van der Waals surface area contributed by atoms with Gasteiger partial charge in [0.25, 0.3) is 0 Å². The van der Waals surface area contributed by atoms with Gasteiger partial charge in [0.2, 0.25) is 52.5 Å². The molecular formula is C64H97N7O24S2. The van der Waals surface area contributed by atoms with Crippen LogP contribution in [0.25, 0.3) is 11.1 Å². The predicted octanol–water partition coefficient (Wildman–Crippen LogP) is -0.0983. The number of hydrogen-bond donors (Lipinski definition) is 14. The van der Waals surface area contributed by atoms with Crippen LogP contribution in [0.5, 0.6) is 23.0 Å². The fraction of sp³-hybridized carbons (Fsp3) is 0.672. The fourth-order valence-corrected chi connectivity index (χ4v) is 13.3. The Balaban J connectivity index is 1.04. The van der Waals surface area contributed by atoms with E-state index in [2.05, 4.69) is 37.2 Å². The molecule has 31 nitrogen and oxygen atoms in total. The molecule has 0 radical (unpaired) electrons. The summed E-state index contributed by atoms with van der Waals surface area (Å²) < 4.78 is 45.1. The van der Waals surface area contributed by atoms with Gasteiger partial charge in [0, 0.05) is 82.9 Å². The van der Waals surface area contributed by atoms with Crippen molar-refractivity contribution in [3.8, 4) is 34.1 Å². The molecule has 2 aromatic rings. The Labute approximate surface area is 571 Å². The number of aliphatic carboxylic acids is 1. The lowest BCUT2D eigenvalue weighted by Gasteiger charge is -2.42. The van der Waals surface area contributed by atoms with E-state index in [9.17, 15) is 78.9 Å². The molecule has 3 aliphatic rings. The van der Waals surface area contributed by atoms with Gasteiger partial charge in [0.15, 0.2) is 29.8 Å². The van der Waals surface area contributed by atoms with Crippen molar-refractivity contribution in [1.82, 2.24) is 37.2 Å². The van der Waals surface area contributed by atoms with Gasteiger partial charge in [-0.05, 0) is 112 Å². The molecule has 5 rings (SSSR count). The Hall–Kier alpha value is -6.63. The van der Waals surface area contributed by atoms with Crippen molar-refractivity contribution in [3.63, 3.8) is 0 Å². The highest BCUT2D eigenvalue weighted by Gasteiger charge is 2.47. The number of aryl methyl sites for hydroxylation is 1. The second-order valence-corrected chi connectivity index (χ2v) is 26.2. The normalized spacial score (nSPS) is 22.5. The lowest BCUT2D eigenvalue weighted by Crippen LogP contribution is -2.64. The van der Waals surface area contributed by atoms with E-state index in [1.807, 2.05) is 6.07 Å². The summed E-state index contributed by atoms with van der Waals surface area (Å²) in [5, 5.41) is 89.8. The number of aliphatic hydroxyl groups is 6. The highest BCUT2D eigenvalue weighted by atomic mass is 33.1. The van der Waals surface area contributed by atoms with Gasteiger partial charge in [-0.3, -0.25) is 38.4 Å². The summed E-state index contributed by atoms with van der Waals surface area (Å²) in [7, 11) is 8.67. The Morgan fingerprint density at radius 2 is 1.09 bits per heavy atom. The fourth-order valence-electron chi connectivity index (χ4n) is 11.3. The predicted molar refractivity (Wildman–Crippen MR) is 353 cm³/mol. The first-order chi connectivity index (χ1) is 46.5. The molecule has 0 spiro atoms. The van der Waals surface area contributed by atoms with E-state index in [1.165, 1.54) is 69.9 Å². The molecule has 13 atom stereocenters. The average Bonchev–Trinajstić information content (AvgIpc) is 1.70. The summed E-state index contributed by atoms with van der Waals surface area (Å²) >= 11 is 0. The molecule has 2 aromatic carbocycles. The number of benzene rings is 1. The molecule has 7 amide bonds. The zero-order chi connectivity index (χ0) is 71.1. The first kappa shape index (κ1) is 81.0. The third-order valence-electron chi connectivity index (χ3n) is 16.4. The molecule has 1 unspecified atom stereocenters. The monoisotopic (exact) mass is 1410 g/mol. The number of fused-ring (bicyclic) bond motifs is 3. The van der Waals surface area contributed by atoms with Crippen molar-refractivity contribution in [2.24, 2.45) is 0 Å².